The number of hydrogen-bond donors (Lipinski definition) is 1. The van der Waals surface area contributed by atoms with Crippen LogP contribution in [0.2, 0.25) is 0 Å². The van der Waals surface area contributed by atoms with E-state index in [0.29, 0.717) is 13.0 Å². The summed E-state index contributed by atoms with van der Waals surface area (Å²) in [6.07, 6.45) is 11.4. The molecule has 2 aliphatic carbocycles. The summed E-state index contributed by atoms with van der Waals surface area (Å²) in [5.41, 5.74) is 3.28. The lowest BCUT2D eigenvalue weighted by Crippen LogP contribution is -2.48. The molecular formula is C23H32FN3O2. The van der Waals surface area contributed by atoms with Crippen LogP contribution in [0.5, 0.6) is 0 Å². The van der Waals surface area contributed by atoms with E-state index in [1.807, 2.05) is 19.1 Å². The molecule has 0 spiro atoms. The summed E-state index contributed by atoms with van der Waals surface area (Å²) >= 11 is 0. The average molecular weight is 402 g/mol. The van der Waals surface area contributed by atoms with Gasteiger partial charge in [-0.1, -0.05) is 38.3 Å². The van der Waals surface area contributed by atoms with Gasteiger partial charge >= 0.3 is 6.09 Å². The van der Waals surface area contributed by atoms with E-state index in [2.05, 4.69) is 22.4 Å². The molecule has 3 aliphatic rings. The quantitative estimate of drug-likeness (QED) is 0.667. The second-order valence-corrected chi connectivity index (χ2v) is 8.56. The number of ether oxygens (including phenoxy) is 1. The number of nitrogens with zero attached hydrogens (tertiary/aromatic N) is 2. The lowest BCUT2D eigenvalue weighted by Gasteiger charge is -2.42. The van der Waals surface area contributed by atoms with Gasteiger partial charge in [-0.2, -0.15) is 5.26 Å². The standard InChI is InChI=1S/C23H32FN3O2/c1-2-6-21(24)29-22(28)26-16-23(10-4-3-5-11-23)17-27-12-9-19-8-7-18(14-25)13-20(19)15-27/h7,9,13,21H,2-6,8,10-12,15-17H2,1H3,(H,26,28). The van der Waals surface area contributed by atoms with Crippen molar-refractivity contribution in [3.05, 3.63) is 34.9 Å². The summed E-state index contributed by atoms with van der Waals surface area (Å²) < 4.78 is 18.4. The van der Waals surface area contributed by atoms with Gasteiger partial charge in [0.05, 0.1) is 6.07 Å². The van der Waals surface area contributed by atoms with Crippen LogP contribution in [0.25, 0.3) is 0 Å². The Hall–Kier alpha value is -2.13. The molecule has 0 aromatic carbocycles. The summed E-state index contributed by atoms with van der Waals surface area (Å²) in [6, 6.07) is 2.24. The molecule has 1 fully saturated rings. The van der Waals surface area contributed by atoms with Gasteiger partial charge in [-0.15, -0.1) is 0 Å². The molecule has 0 bridgehead atoms. The summed E-state index contributed by atoms with van der Waals surface area (Å²) in [5, 5.41) is 12.0. The van der Waals surface area contributed by atoms with Crippen LogP contribution in [-0.4, -0.2) is 43.5 Å². The highest BCUT2D eigenvalue weighted by molar-refractivity contribution is 5.67. The normalized spacial score (nSPS) is 22.3. The van der Waals surface area contributed by atoms with Crippen molar-refractivity contribution in [2.45, 2.75) is 64.6 Å². The maximum absolute atomic E-state index is 13.6. The fourth-order valence-corrected chi connectivity index (χ4v) is 4.67. The molecule has 1 unspecified atom stereocenters. The van der Waals surface area contributed by atoms with Crippen molar-refractivity contribution in [2.24, 2.45) is 5.41 Å². The lowest BCUT2D eigenvalue weighted by atomic mass is 9.73. The number of halogens is 1. The molecule has 1 atom stereocenters. The number of alkyl halides is 1. The number of allylic oxidation sites excluding steroid dienone is 3. The maximum atomic E-state index is 13.6. The third kappa shape index (κ3) is 5.93. The van der Waals surface area contributed by atoms with Crippen LogP contribution < -0.4 is 5.32 Å². The topological polar surface area (TPSA) is 65.4 Å². The first-order valence-electron chi connectivity index (χ1n) is 10.8. The van der Waals surface area contributed by atoms with Gasteiger partial charge in [0, 0.05) is 43.6 Å². The molecule has 158 valence electrons. The Bertz CT molecular complexity index is 729. The van der Waals surface area contributed by atoms with Gasteiger partial charge in [-0.25, -0.2) is 9.18 Å². The van der Waals surface area contributed by atoms with Crippen LogP contribution >= 0.6 is 0 Å². The van der Waals surface area contributed by atoms with Crippen LogP contribution in [0.1, 0.15) is 58.3 Å². The van der Waals surface area contributed by atoms with Crippen molar-refractivity contribution < 1.29 is 13.9 Å². The molecule has 0 radical (unpaired) electrons. The zero-order valence-electron chi connectivity index (χ0n) is 17.4. The van der Waals surface area contributed by atoms with E-state index in [9.17, 15) is 14.4 Å². The molecule has 0 saturated heterocycles. The summed E-state index contributed by atoms with van der Waals surface area (Å²) in [6.45, 7) is 4.98. The van der Waals surface area contributed by atoms with Crippen molar-refractivity contribution >= 4 is 6.09 Å². The Balaban J connectivity index is 1.61. The van der Waals surface area contributed by atoms with Gasteiger partial charge in [0.2, 0.25) is 6.36 Å². The van der Waals surface area contributed by atoms with Gasteiger partial charge < -0.3 is 10.1 Å². The third-order valence-electron chi connectivity index (χ3n) is 6.23. The van der Waals surface area contributed by atoms with E-state index in [1.165, 1.54) is 17.6 Å². The van der Waals surface area contributed by atoms with Crippen LogP contribution in [0.4, 0.5) is 9.18 Å². The number of hydrogen-bond acceptors (Lipinski definition) is 4. The largest absolute Gasteiger partial charge is 0.415 e. The molecule has 6 heteroatoms. The maximum Gasteiger partial charge on any atom is 0.409 e. The zero-order valence-corrected chi connectivity index (χ0v) is 17.4. The van der Waals surface area contributed by atoms with Crippen molar-refractivity contribution in [3.8, 4) is 6.07 Å². The van der Waals surface area contributed by atoms with E-state index in [4.69, 9.17) is 4.74 Å². The predicted octanol–water partition coefficient (Wildman–Crippen LogP) is 4.78. The van der Waals surface area contributed by atoms with Gasteiger partial charge in [0.25, 0.3) is 0 Å². The van der Waals surface area contributed by atoms with Crippen LogP contribution in [-0.2, 0) is 4.74 Å². The van der Waals surface area contributed by atoms with Gasteiger partial charge in [-0.05, 0) is 42.9 Å². The van der Waals surface area contributed by atoms with Crippen molar-refractivity contribution in [1.29, 1.82) is 5.26 Å². The Kier molecular flexibility index (Phi) is 7.49. The molecule has 3 rings (SSSR count). The van der Waals surface area contributed by atoms with E-state index in [1.54, 1.807) is 0 Å². The molecular weight excluding hydrogens is 369 g/mol. The van der Waals surface area contributed by atoms with Crippen LogP contribution in [0, 0.1) is 16.7 Å². The van der Waals surface area contributed by atoms with Crippen molar-refractivity contribution in [2.75, 3.05) is 26.2 Å². The first-order valence-corrected chi connectivity index (χ1v) is 10.8. The summed E-state index contributed by atoms with van der Waals surface area (Å²) in [7, 11) is 0. The van der Waals surface area contributed by atoms with Gasteiger partial charge in [0.15, 0.2) is 0 Å². The third-order valence-corrected chi connectivity index (χ3v) is 6.23. The second-order valence-electron chi connectivity index (χ2n) is 8.56. The number of amides is 1. The highest BCUT2D eigenvalue weighted by Gasteiger charge is 2.35. The van der Waals surface area contributed by atoms with E-state index < -0.39 is 12.5 Å². The fourth-order valence-electron chi connectivity index (χ4n) is 4.67. The van der Waals surface area contributed by atoms with Crippen molar-refractivity contribution in [1.82, 2.24) is 10.2 Å². The number of alkyl carbamates (subject to hydrolysis) is 1. The minimum Gasteiger partial charge on any atom is -0.415 e. The lowest BCUT2D eigenvalue weighted by molar-refractivity contribution is 0.00500. The Morgan fingerprint density at radius 2 is 2.14 bits per heavy atom. The fraction of sp³-hybridized carbons (Fsp3) is 0.652. The van der Waals surface area contributed by atoms with E-state index in [0.717, 1.165) is 57.3 Å². The molecule has 1 saturated carbocycles. The highest BCUT2D eigenvalue weighted by Crippen LogP contribution is 2.38. The number of carbonyl (C=O) groups excluding carboxylic acids is 1. The SMILES string of the molecule is CCCC(F)OC(=O)NCC1(CN2CC=C3CC=C(C#N)C=C3C2)CCCCC1. The van der Waals surface area contributed by atoms with Crippen LogP contribution in [0.15, 0.2) is 34.9 Å². The average Bonchev–Trinajstić information content (AvgIpc) is 2.72. The number of rotatable bonds is 7. The first-order chi connectivity index (χ1) is 14.0. The minimum atomic E-state index is -1.53. The van der Waals surface area contributed by atoms with Crippen molar-refractivity contribution in [3.63, 3.8) is 0 Å². The number of carbonyl (C=O) groups is 1. The summed E-state index contributed by atoms with van der Waals surface area (Å²) in [5.74, 6) is 0. The van der Waals surface area contributed by atoms with Crippen LogP contribution in [0.3, 0.4) is 0 Å². The Morgan fingerprint density at radius 3 is 2.86 bits per heavy atom. The predicted molar refractivity (Wildman–Crippen MR) is 111 cm³/mol. The monoisotopic (exact) mass is 401 g/mol. The number of nitriles is 1. The molecule has 1 N–H and O–H groups in total. The zero-order chi connectivity index (χ0) is 20.7. The Labute approximate surface area is 173 Å². The smallest absolute Gasteiger partial charge is 0.409 e. The molecule has 0 aromatic rings. The molecule has 1 heterocycles. The van der Waals surface area contributed by atoms with Gasteiger partial charge in [0.1, 0.15) is 0 Å². The molecule has 1 aliphatic heterocycles. The van der Waals surface area contributed by atoms with E-state index in [-0.39, 0.29) is 11.8 Å². The first kappa shape index (κ1) is 21.6. The Morgan fingerprint density at radius 1 is 1.34 bits per heavy atom. The second kappa shape index (κ2) is 10.1. The summed E-state index contributed by atoms with van der Waals surface area (Å²) in [4.78, 5) is 14.4. The molecule has 1 amide bonds. The number of fused-ring (bicyclic) bond motifs is 1. The minimum absolute atomic E-state index is 0.0116. The highest BCUT2D eigenvalue weighted by atomic mass is 19.1. The molecule has 5 nitrogen and oxygen atoms in total. The molecule has 0 aromatic heterocycles. The number of nitrogens with one attached hydrogen (secondary N) is 1. The molecule has 29 heavy (non-hydrogen) atoms. The van der Waals surface area contributed by atoms with Gasteiger partial charge in [-0.3, -0.25) is 4.90 Å². The van der Waals surface area contributed by atoms with E-state index >= 15 is 0 Å².